The highest BCUT2D eigenvalue weighted by Gasteiger charge is 2.21. The first kappa shape index (κ1) is 23.9. The van der Waals surface area contributed by atoms with Crippen LogP contribution >= 0.6 is 0 Å². The maximum atomic E-state index is 4.58. The molecule has 0 saturated heterocycles. The molecule has 43 heavy (non-hydrogen) atoms. The van der Waals surface area contributed by atoms with Gasteiger partial charge >= 0.3 is 0 Å². The van der Waals surface area contributed by atoms with Crippen LogP contribution in [0.15, 0.2) is 158 Å². The molecule has 9 rings (SSSR count). The van der Waals surface area contributed by atoms with Crippen molar-refractivity contribution in [2.45, 2.75) is 0 Å². The fourth-order valence-corrected chi connectivity index (χ4v) is 7.10. The summed E-state index contributed by atoms with van der Waals surface area (Å²) in [5.41, 5.74) is 8.55. The first-order valence-electron chi connectivity index (χ1n) is 14.7. The van der Waals surface area contributed by atoms with Gasteiger partial charge in [-0.15, -0.1) is 0 Å². The summed E-state index contributed by atoms with van der Waals surface area (Å²) in [6.07, 6.45) is 3.91. The Morgan fingerprint density at radius 2 is 0.953 bits per heavy atom. The highest BCUT2D eigenvalue weighted by Crippen LogP contribution is 2.47. The van der Waals surface area contributed by atoms with Crippen molar-refractivity contribution in [2.24, 2.45) is 0 Å². The molecule has 0 aliphatic carbocycles. The van der Waals surface area contributed by atoms with Gasteiger partial charge in [-0.2, -0.15) is 0 Å². The van der Waals surface area contributed by atoms with E-state index in [1.807, 2.05) is 12.4 Å². The molecule has 0 unspecified atom stereocenters. The second kappa shape index (κ2) is 9.40. The molecule has 0 atom stereocenters. The van der Waals surface area contributed by atoms with Crippen LogP contribution in [0.25, 0.3) is 82.1 Å². The van der Waals surface area contributed by atoms with Crippen LogP contribution in [0.3, 0.4) is 0 Å². The van der Waals surface area contributed by atoms with Crippen LogP contribution in [0.4, 0.5) is 0 Å². The highest BCUT2D eigenvalue weighted by atomic mass is 15.0. The molecule has 0 fully saturated rings. The average Bonchev–Trinajstić information content (AvgIpc) is 3.42. The van der Waals surface area contributed by atoms with Crippen molar-refractivity contribution in [3.8, 4) is 27.9 Å². The van der Waals surface area contributed by atoms with Gasteiger partial charge in [0.15, 0.2) is 0 Å². The Balaban J connectivity index is 1.50. The van der Waals surface area contributed by atoms with E-state index in [1.165, 1.54) is 65.5 Å². The molecule has 0 saturated carbocycles. The van der Waals surface area contributed by atoms with Crippen LogP contribution in [0.1, 0.15) is 0 Å². The summed E-state index contributed by atoms with van der Waals surface area (Å²) in [5.74, 6) is 0. The van der Waals surface area contributed by atoms with Crippen LogP contribution in [-0.4, -0.2) is 9.55 Å². The number of para-hydroxylation sites is 1. The molecular weight excluding hydrogens is 520 g/mol. The van der Waals surface area contributed by atoms with Gasteiger partial charge in [0, 0.05) is 34.2 Å². The Kier molecular flexibility index (Phi) is 5.23. The van der Waals surface area contributed by atoms with Crippen molar-refractivity contribution in [1.29, 1.82) is 0 Å². The molecule has 7 aromatic carbocycles. The first-order chi connectivity index (χ1) is 21.4. The van der Waals surface area contributed by atoms with E-state index in [1.54, 1.807) is 0 Å². The molecule has 0 radical (unpaired) electrons. The van der Waals surface area contributed by atoms with Crippen molar-refractivity contribution in [2.75, 3.05) is 0 Å². The molecule has 0 aliphatic rings. The van der Waals surface area contributed by atoms with E-state index in [0.29, 0.717) is 0 Å². The summed E-state index contributed by atoms with van der Waals surface area (Å²) < 4.78 is 2.40. The number of fused-ring (bicyclic) bond motifs is 7. The van der Waals surface area contributed by atoms with Gasteiger partial charge in [0.2, 0.25) is 0 Å². The zero-order chi connectivity index (χ0) is 28.3. The predicted octanol–water partition coefficient (Wildman–Crippen LogP) is 11.0. The number of aromatic nitrogens is 2. The van der Waals surface area contributed by atoms with Crippen LogP contribution in [0.5, 0.6) is 0 Å². The van der Waals surface area contributed by atoms with E-state index in [-0.39, 0.29) is 0 Å². The normalized spacial score (nSPS) is 11.7. The molecule has 0 bridgehead atoms. The molecule has 2 nitrogen and oxygen atoms in total. The lowest BCUT2D eigenvalue weighted by molar-refractivity contribution is 1.18. The summed E-state index contributed by atoms with van der Waals surface area (Å²) in [7, 11) is 0. The lowest BCUT2D eigenvalue weighted by Gasteiger charge is -2.19. The Bertz CT molecular complexity index is 2430. The lowest BCUT2D eigenvalue weighted by atomic mass is 9.84. The lowest BCUT2D eigenvalue weighted by Crippen LogP contribution is -1.95. The van der Waals surface area contributed by atoms with E-state index >= 15 is 0 Å². The van der Waals surface area contributed by atoms with Gasteiger partial charge in [0.05, 0.1) is 11.0 Å². The molecule has 0 aliphatic heterocycles. The predicted molar refractivity (Wildman–Crippen MR) is 182 cm³/mol. The Morgan fingerprint density at radius 3 is 1.60 bits per heavy atom. The molecule has 0 amide bonds. The van der Waals surface area contributed by atoms with E-state index in [0.717, 1.165) is 16.6 Å². The third-order valence-electron chi connectivity index (χ3n) is 8.85. The fraction of sp³-hybridized carbons (Fsp3) is 0. The Labute approximate surface area is 249 Å². The molecule has 200 valence electrons. The second-order valence-corrected chi connectivity index (χ2v) is 11.1. The number of pyridine rings is 1. The van der Waals surface area contributed by atoms with Gasteiger partial charge in [-0.05, 0) is 73.5 Å². The number of benzene rings is 7. The second-order valence-electron chi connectivity index (χ2n) is 11.1. The maximum absolute atomic E-state index is 4.58. The van der Waals surface area contributed by atoms with E-state index in [9.17, 15) is 0 Å². The summed E-state index contributed by atoms with van der Waals surface area (Å²) >= 11 is 0. The van der Waals surface area contributed by atoms with Crippen LogP contribution in [0, 0.1) is 0 Å². The largest absolute Gasteiger partial charge is 0.309 e. The zero-order valence-electron chi connectivity index (χ0n) is 23.4. The van der Waals surface area contributed by atoms with Crippen molar-refractivity contribution in [3.63, 3.8) is 0 Å². The molecule has 0 spiro atoms. The van der Waals surface area contributed by atoms with E-state index in [4.69, 9.17) is 0 Å². The van der Waals surface area contributed by atoms with Crippen LogP contribution in [-0.2, 0) is 0 Å². The van der Waals surface area contributed by atoms with Crippen molar-refractivity contribution in [1.82, 2.24) is 9.55 Å². The van der Waals surface area contributed by atoms with Gasteiger partial charge in [-0.25, -0.2) is 0 Å². The van der Waals surface area contributed by atoms with Gasteiger partial charge in [0.25, 0.3) is 0 Å². The molecular formula is C41H26N2. The summed E-state index contributed by atoms with van der Waals surface area (Å²) in [6, 6.07) is 52.7. The standard InChI is InChI=1S/C41H26N2/c1-3-13-27(14-4-1)39-30-18-8-10-20-32(30)40(33-21-11-9-19-31(33)39)35-25-36-37-26-42-24-23-38(37)43(28-15-5-2-6-16-28)41(36)34-22-12-7-17-29(34)35/h1-26H. The van der Waals surface area contributed by atoms with Crippen molar-refractivity contribution in [3.05, 3.63) is 158 Å². The first-order valence-corrected chi connectivity index (χ1v) is 14.7. The summed E-state index contributed by atoms with van der Waals surface area (Å²) in [4.78, 5) is 4.58. The zero-order valence-corrected chi connectivity index (χ0v) is 23.4. The SMILES string of the molecule is c1ccc(-c2c3ccccc3c(-c3cc4c5cnccc5n(-c5ccccc5)c4c4ccccc34)c3ccccc23)cc1. The molecule has 2 heteroatoms. The number of hydrogen-bond acceptors (Lipinski definition) is 1. The third-order valence-corrected chi connectivity index (χ3v) is 8.85. The smallest absolute Gasteiger partial charge is 0.0620 e. The maximum Gasteiger partial charge on any atom is 0.0620 e. The van der Waals surface area contributed by atoms with Crippen molar-refractivity contribution < 1.29 is 0 Å². The van der Waals surface area contributed by atoms with Gasteiger partial charge < -0.3 is 4.57 Å². The molecule has 2 heterocycles. The minimum absolute atomic E-state index is 1.15. The fourth-order valence-electron chi connectivity index (χ4n) is 7.10. The topological polar surface area (TPSA) is 17.8 Å². The van der Waals surface area contributed by atoms with E-state index < -0.39 is 0 Å². The number of rotatable bonds is 3. The number of nitrogens with zero attached hydrogens (tertiary/aromatic N) is 2. The molecule has 9 aromatic rings. The summed E-state index contributed by atoms with van der Waals surface area (Å²) in [6.45, 7) is 0. The Hall–Kier alpha value is -5.73. The van der Waals surface area contributed by atoms with Crippen LogP contribution < -0.4 is 0 Å². The van der Waals surface area contributed by atoms with E-state index in [2.05, 4.69) is 155 Å². The van der Waals surface area contributed by atoms with Gasteiger partial charge in [-0.1, -0.05) is 121 Å². The molecule has 2 aromatic heterocycles. The Morgan fingerprint density at radius 1 is 0.419 bits per heavy atom. The highest BCUT2D eigenvalue weighted by molar-refractivity contribution is 6.28. The van der Waals surface area contributed by atoms with Gasteiger partial charge in [0.1, 0.15) is 0 Å². The number of hydrogen-bond donors (Lipinski definition) is 0. The minimum atomic E-state index is 1.15. The monoisotopic (exact) mass is 546 g/mol. The van der Waals surface area contributed by atoms with Crippen LogP contribution in [0.2, 0.25) is 0 Å². The van der Waals surface area contributed by atoms with Gasteiger partial charge in [-0.3, -0.25) is 4.98 Å². The quantitative estimate of drug-likeness (QED) is 0.202. The average molecular weight is 547 g/mol. The summed E-state index contributed by atoms with van der Waals surface area (Å²) in [5, 5.41) is 9.88. The minimum Gasteiger partial charge on any atom is -0.309 e. The third kappa shape index (κ3) is 3.50. The molecule has 0 N–H and O–H groups in total. The van der Waals surface area contributed by atoms with Crippen molar-refractivity contribution >= 4 is 54.1 Å².